The number of hydrogen-bond acceptors (Lipinski definition) is 1. The Hall–Kier alpha value is -3.06. The number of fused-ring (bicyclic) bond motifs is 5. The van der Waals surface area contributed by atoms with Gasteiger partial charge < -0.3 is 4.90 Å². The van der Waals surface area contributed by atoms with Gasteiger partial charge in [0.25, 0.3) is 0 Å². The van der Waals surface area contributed by atoms with Crippen molar-refractivity contribution in [2.24, 2.45) is 52.3 Å². The third-order valence-electron chi connectivity index (χ3n) is 20.1. The number of rotatable bonds is 8. The SMILES string of the molecule is C1=CCC(C2(C3=CCCCC3)C3=CCCCC3C3=C2C=C(N(C2C=C4C(CC2)C2C=CCCC2C4(C2=CCCCC2)C2=CCCCC2)C2CCCCC2C2C=CCCC2)CC3)C=C1. The molecule has 0 aromatic carbocycles. The van der Waals surface area contributed by atoms with Gasteiger partial charge in [0.05, 0.1) is 0 Å². The largest absolute Gasteiger partial charge is 0.365 e. The lowest BCUT2D eigenvalue weighted by atomic mass is 9.57. The van der Waals surface area contributed by atoms with Gasteiger partial charge >= 0.3 is 0 Å². The lowest BCUT2D eigenvalue weighted by Crippen LogP contribution is -2.50. The summed E-state index contributed by atoms with van der Waals surface area (Å²) < 4.78 is 0. The fourth-order valence-electron chi connectivity index (χ4n) is 17.9. The van der Waals surface area contributed by atoms with Gasteiger partial charge in [0.15, 0.2) is 0 Å². The molecule has 1 nitrogen and oxygen atoms in total. The molecule has 10 atom stereocenters. The van der Waals surface area contributed by atoms with Crippen LogP contribution in [0.25, 0.3) is 0 Å². The number of nitrogens with zero attached hydrogens (tertiary/aromatic N) is 1. The highest BCUT2D eigenvalue weighted by Gasteiger charge is 2.61. The molecule has 0 aliphatic heterocycles. The summed E-state index contributed by atoms with van der Waals surface area (Å²) >= 11 is 0. The standard InChI is InChI=1S/C62H81N/c1-6-22-44(23-7-1)51-32-18-21-37-60(51)63(49-38-40-54-52-33-16-19-35-56(52)61(58(54)42-49,45-24-8-2-9-25-45)46-26-10-3-11-27-46)50-39-41-55-53-34-17-20-36-57(53)62(59(55)43-50,47-28-12-4-13-29-47)48-30-14-5-15-31-48/h2,6,8-9,17,22,24,26,28,30,34-35,42-45,50-53,55,57,60H,1,3-5,7,10-16,18-21,23,25,27,29,31-33,36-41H2. The Morgan fingerprint density at radius 3 is 2.00 bits per heavy atom. The minimum atomic E-state index is 0.0528. The van der Waals surface area contributed by atoms with Gasteiger partial charge in [-0.25, -0.2) is 0 Å². The van der Waals surface area contributed by atoms with Gasteiger partial charge in [-0.2, -0.15) is 0 Å². The molecular formula is C62H81N. The minimum absolute atomic E-state index is 0.0528. The van der Waals surface area contributed by atoms with E-state index in [2.05, 4.69) is 90.0 Å². The van der Waals surface area contributed by atoms with E-state index in [1.54, 1.807) is 5.70 Å². The summed E-state index contributed by atoms with van der Waals surface area (Å²) in [6.45, 7) is 0. The topological polar surface area (TPSA) is 3.24 Å². The molecule has 0 aromatic rings. The zero-order valence-corrected chi connectivity index (χ0v) is 39.2. The first-order valence-corrected chi connectivity index (χ1v) is 27.7. The number of hydrogen-bond donors (Lipinski definition) is 0. The van der Waals surface area contributed by atoms with Gasteiger partial charge in [-0.3, -0.25) is 0 Å². The van der Waals surface area contributed by atoms with Crippen molar-refractivity contribution in [1.29, 1.82) is 0 Å². The molecule has 12 aliphatic carbocycles. The van der Waals surface area contributed by atoms with Gasteiger partial charge in [0.1, 0.15) is 0 Å². The Labute approximate surface area is 383 Å². The molecule has 0 amide bonds. The highest BCUT2D eigenvalue weighted by atomic mass is 15.2. The van der Waals surface area contributed by atoms with Crippen molar-refractivity contribution in [1.82, 2.24) is 4.90 Å². The summed E-state index contributed by atoms with van der Waals surface area (Å²) in [6.07, 6.45) is 77.0. The van der Waals surface area contributed by atoms with Crippen LogP contribution in [0.3, 0.4) is 0 Å². The first kappa shape index (κ1) is 41.4. The van der Waals surface area contributed by atoms with Crippen LogP contribution in [0.2, 0.25) is 0 Å². The van der Waals surface area contributed by atoms with Gasteiger partial charge in [-0.15, -0.1) is 0 Å². The summed E-state index contributed by atoms with van der Waals surface area (Å²) in [4.78, 5) is 3.29. The molecule has 63 heavy (non-hydrogen) atoms. The summed E-state index contributed by atoms with van der Waals surface area (Å²) in [5.74, 6) is 4.91. The van der Waals surface area contributed by atoms with E-state index in [1.165, 1.54) is 186 Å². The molecule has 2 saturated carbocycles. The zero-order chi connectivity index (χ0) is 41.8. The van der Waals surface area contributed by atoms with E-state index >= 15 is 0 Å². The maximum absolute atomic E-state index is 3.29. The Morgan fingerprint density at radius 2 is 1.27 bits per heavy atom. The summed E-state index contributed by atoms with van der Waals surface area (Å²) in [5.41, 5.74) is 15.0. The van der Waals surface area contributed by atoms with Gasteiger partial charge in [-0.05, 0) is 221 Å². The average Bonchev–Trinajstić information content (AvgIpc) is 3.83. The Kier molecular flexibility index (Phi) is 11.6. The van der Waals surface area contributed by atoms with Crippen LogP contribution in [0.15, 0.2) is 130 Å². The molecule has 12 aliphatic rings. The maximum Gasteiger partial charge on any atom is 0.0476 e. The van der Waals surface area contributed by atoms with Crippen LogP contribution < -0.4 is 0 Å². The predicted octanol–water partition coefficient (Wildman–Crippen LogP) is 16.8. The second-order valence-corrected chi connectivity index (χ2v) is 22.9. The van der Waals surface area contributed by atoms with Crippen LogP contribution in [0.4, 0.5) is 0 Å². The van der Waals surface area contributed by atoms with Crippen LogP contribution in [0.5, 0.6) is 0 Å². The molecular weight excluding hydrogens is 759 g/mol. The number of allylic oxidation sites excluding steroid dienone is 21. The molecule has 0 spiro atoms. The fraction of sp³-hybridized carbons (Fsp3) is 0.645. The summed E-state index contributed by atoms with van der Waals surface area (Å²) in [5, 5.41) is 0. The molecule has 10 unspecified atom stereocenters. The van der Waals surface area contributed by atoms with Crippen LogP contribution in [0.1, 0.15) is 186 Å². The van der Waals surface area contributed by atoms with Crippen LogP contribution >= 0.6 is 0 Å². The lowest BCUT2D eigenvalue weighted by Gasteiger charge is -2.51. The van der Waals surface area contributed by atoms with E-state index in [1.807, 2.05) is 39.0 Å². The molecule has 0 aromatic heterocycles. The summed E-state index contributed by atoms with van der Waals surface area (Å²) in [7, 11) is 0. The Bertz CT molecular complexity index is 2090. The maximum atomic E-state index is 3.29. The minimum Gasteiger partial charge on any atom is -0.365 e. The quantitative estimate of drug-likeness (QED) is 0.220. The second kappa shape index (κ2) is 17.6. The molecule has 0 saturated heterocycles. The van der Waals surface area contributed by atoms with Gasteiger partial charge in [0, 0.05) is 34.5 Å². The van der Waals surface area contributed by atoms with E-state index in [0.29, 0.717) is 23.9 Å². The van der Waals surface area contributed by atoms with Crippen molar-refractivity contribution in [2.45, 2.75) is 198 Å². The van der Waals surface area contributed by atoms with Crippen molar-refractivity contribution in [3.63, 3.8) is 0 Å². The predicted molar refractivity (Wildman–Crippen MR) is 265 cm³/mol. The molecule has 1 heteroatoms. The van der Waals surface area contributed by atoms with Crippen molar-refractivity contribution < 1.29 is 0 Å². The fourth-order valence-corrected chi connectivity index (χ4v) is 17.9. The Balaban J connectivity index is 1.05. The Morgan fingerprint density at radius 1 is 0.524 bits per heavy atom. The molecule has 0 radical (unpaired) electrons. The molecule has 0 heterocycles. The third kappa shape index (κ3) is 6.78. The lowest BCUT2D eigenvalue weighted by molar-refractivity contribution is 0.0743. The van der Waals surface area contributed by atoms with E-state index in [4.69, 9.17) is 0 Å². The zero-order valence-electron chi connectivity index (χ0n) is 39.2. The van der Waals surface area contributed by atoms with Crippen LogP contribution in [-0.4, -0.2) is 17.0 Å². The van der Waals surface area contributed by atoms with Crippen LogP contribution in [-0.2, 0) is 0 Å². The second-order valence-electron chi connectivity index (χ2n) is 22.9. The molecule has 0 bridgehead atoms. The normalized spacial score (nSPS) is 39.5. The summed E-state index contributed by atoms with van der Waals surface area (Å²) in [6, 6.07) is 1.14. The highest BCUT2D eigenvalue weighted by molar-refractivity contribution is 5.62. The van der Waals surface area contributed by atoms with E-state index < -0.39 is 0 Å². The van der Waals surface area contributed by atoms with Crippen molar-refractivity contribution in [2.75, 3.05) is 0 Å². The smallest absolute Gasteiger partial charge is 0.0476 e. The van der Waals surface area contributed by atoms with Crippen molar-refractivity contribution in [3.05, 3.63) is 130 Å². The average molecular weight is 840 g/mol. The monoisotopic (exact) mass is 840 g/mol. The first-order valence-electron chi connectivity index (χ1n) is 27.7. The van der Waals surface area contributed by atoms with Crippen molar-refractivity contribution in [3.8, 4) is 0 Å². The van der Waals surface area contributed by atoms with Gasteiger partial charge in [0.2, 0.25) is 0 Å². The third-order valence-corrected chi connectivity index (χ3v) is 20.1. The van der Waals surface area contributed by atoms with Gasteiger partial charge in [-0.1, -0.05) is 125 Å². The highest BCUT2D eigenvalue weighted by Crippen LogP contribution is 2.70. The first-order chi connectivity index (χ1) is 31.3. The van der Waals surface area contributed by atoms with Crippen LogP contribution in [0, 0.1) is 52.3 Å². The van der Waals surface area contributed by atoms with E-state index in [-0.39, 0.29) is 10.8 Å². The van der Waals surface area contributed by atoms with Crippen molar-refractivity contribution >= 4 is 0 Å². The molecule has 0 N–H and O–H groups in total. The molecule has 2 fully saturated rings. The molecule has 12 rings (SSSR count). The van der Waals surface area contributed by atoms with E-state index in [0.717, 1.165) is 29.6 Å². The molecule has 334 valence electrons. The van der Waals surface area contributed by atoms with E-state index in [9.17, 15) is 0 Å².